The Balaban J connectivity index is 1.59. The van der Waals surface area contributed by atoms with Gasteiger partial charge in [-0.3, -0.25) is 4.99 Å². The molecule has 0 saturated carbocycles. The molecule has 2 heterocycles. The van der Waals surface area contributed by atoms with Crippen molar-refractivity contribution in [3.63, 3.8) is 0 Å². The maximum absolute atomic E-state index is 12.7. The van der Waals surface area contributed by atoms with Gasteiger partial charge in [0, 0.05) is 38.4 Å². The van der Waals surface area contributed by atoms with E-state index in [1.54, 1.807) is 37.5 Å². The predicted octanol–water partition coefficient (Wildman–Crippen LogP) is 2.73. The monoisotopic (exact) mass is 449 g/mol. The van der Waals surface area contributed by atoms with Crippen molar-refractivity contribution in [2.75, 3.05) is 30.8 Å². The second-order valence-electron chi connectivity index (χ2n) is 7.30. The lowest BCUT2D eigenvalue weighted by Gasteiger charge is -2.23. The molecule has 1 saturated heterocycles. The highest BCUT2D eigenvalue weighted by Gasteiger charge is 2.27. The highest BCUT2D eigenvalue weighted by Crippen LogP contribution is 2.25. The number of rotatable bonds is 7. The average molecular weight is 450 g/mol. The van der Waals surface area contributed by atoms with Crippen LogP contribution in [0.4, 0.5) is 5.82 Å². The molecule has 9 heteroatoms. The van der Waals surface area contributed by atoms with E-state index >= 15 is 0 Å². The number of benzene rings is 1. The molecule has 1 aromatic carbocycles. The van der Waals surface area contributed by atoms with Crippen molar-refractivity contribution in [1.82, 2.24) is 15.6 Å². The minimum absolute atomic E-state index is 0.00848. The first kappa shape index (κ1) is 22.4. The van der Waals surface area contributed by atoms with E-state index in [0.717, 1.165) is 25.3 Å². The summed E-state index contributed by atoms with van der Waals surface area (Å²) in [5.74, 6) is 1.39. The molecule has 0 amide bonds. The highest BCUT2D eigenvalue weighted by molar-refractivity contribution is 7.91. The van der Waals surface area contributed by atoms with Gasteiger partial charge in [-0.25, -0.2) is 13.4 Å². The normalized spacial score (nSPS) is 18.3. The number of aliphatic imine (C=N–C) groups is 1. The number of sulfone groups is 1. The van der Waals surface area contributed by atoms with Gasteiger partial charge in [-0.15, -0.1) is 0 Å². The number of guanidine groups is 1. The van der Waals surface area contributed by atoms with Gasteiger partial charge in [0.25, 0.3) is 0 Å². The van der Waals surface area contributed by atoms with Crippen LogP contribution in [0.15, 0.2) is 58.5 Å². The van der Waals surface area contributed by atoms with Crippen LogP contribution >= 0.6 is 11.6 Å². The zero-order valence-corrected chi connectivity index (χ0v) is 18.8. The van der Waals surface area contributed by atoms with Crippen LogP contribution in [0.2, 0.25) is 5.02 Å². The van der Waals surface area contributed by atoms with E-state index < -0.39 is 9.84 Å². The quantitative estimate of drug-likeness (QED) is 0.499. The Bertz CT molecular complexity index is 968. The summed E-state index contributed by atoms with van der Waals surface area (Å²) in [4.78, 5) is 11.2. The molecule has 2 unspecified atom stereocenters. The van der Waals surface area contributed by atoms with Crippen LogP contribution in [0.3, 0.4) is 0 Å². The number of nitrogens with zero attached hydrogens (tertiary/aromatic N) is 3. The molecule has 1 aliphatic rings. The molecule has 1 fully saturated rings. The molecule has 3 rings (SSSR count). The van der Waals surface area contributed by atoms with Crippen molar-refractivity contribution >= 4 is 33.2 Å². The van der Waals surface area contributed by atoms with E-state index in [0.29, 0.717) is 22.3 Å². The van der Waals surface area contributed by atoms with Crippen molar-refractivity contribution in [2.24, 2.45) is 4.99 Å². The van der Waals surface area contributed by atoms with Crippen LogP contribution < -0.4 is 15.5 Å². The molecule has 162 valence electrons. The molecule has 0 bridgehead atoms. The zero-order valence-electron chi connectivity index (χ0n) is 17.3. The first-order valence-corrected chi connectivity index (χ1v) is 12.1. The maximum Gasteiger partial charge on any atom is 0.191 e. The molecule has 2 atom stereocenters. The molecule has 1 aromatic heterocycles. The molecule has 2 N–H and O–H groups in total. The van der Waals surface area contributed by atoms with E-state index in [4.69, 9.17) is 11.6 Å². The Morgan fingerprint density at radius 3 is 2.73 bits per heavy atom. The maximum atomic E-state index is 12.7. The molecule has 0 aliphatic carbocycles. The average Bonchev–Trinajstić information content (AvgIpc) is 3.21. The number of pyridine rings is 1. The number of hydrogen-bond donors (Lipinski definition) is 2. The lowest BCUT2D eigenvalue weighted by Crippen LogP contribution is -2.49. The molecule has 0 spiro atoms. The number of aromatic nitrogens is 1. The largest absolute Gasteiger partial charge is 0.353 e. The summed E-state index contributed by atoms with van der Waals surface area (Å²) in [7, 11) is -1.69. The van der Waals surface area contributed by atoms with Crippen LogP contribution in [-0.4, -0.2) is 57.3 Å². The fourth-order valence-electron chi connectivity index (χ4n) is 3.49. The summed E-state index contributed by atoms with van der Waals surface area (Å²) >= 11 is 6.27. The Morgan fingerprint density at radius 1 is 1.30 bits per heavy atom. The first-order chi connectivity index (χ1) is 14.4. The van der Waals surface area contributed by atoms with E-state index in [1.807, 2.05) is 25.1 Å². The number of hydrogen-bond acceptors (Lipinski definition) is 5. The van der Waals surface area contributed by atoms with E-state index in [2.05, 4.69) is 25.5 Å². The van der Waals surface area contributed by atoms with Crippen molar-refractivity contribution in [3.8, 4) is 0 Å². The molecule has 2 aromatic rings. The number of anilines is 1. The summed E-state index contributed by atoms with van der Waals surface area (Å²) in [5.41, 5.74) is 0. The summed E-state index contributed by atoms with van der Waals surface area (Å²) < 4.78 is 25.4. The van der Waals surface area contributed by atoms with Gasteiger partial charge < -0.3 is 15.5 Å². The molecule has 1 aliphatic heterocycles. The topological polar surface area (TPSA) is 86.7 Å². The minimum atomic E-state index is -3.38. The van der Waals surface area contributed by atoms with Gasteiger partial charge in [-0.05, 0) is 37.1 Å². The third-order valence-electron chi connectivity index (χ3n) is 5.15. The van der Waals surface area contributed by atoms with Crippen LogP contribution in [0, 0.1) is 0 Å². The van der Waals surface area contributed by atoms with Crippen LogP contribution in [-0.2, 0) is 9.84 Å². The third kappa shape index (κ3) is 5.64. The fourth-order valence-corrected chi connectivity index (χ4v) is 5.34. The Morgan fingerprint density at radius 2 is 2.07 bits per heavy atom. The molecule has 0 radical (unpaired) electrons. The van der Waals surface area contributed by atoms with Gasteiger partial charge in [-0.2, -0.15) is 0 Å². The minimum Gasteiger partial charge on any atom is -0.353 e. The lowest BCUT2D eigenvalue weighted by atomic mass is 10.2. The van der Waals surface area contributed by atoms with Crippen LogP contribution in [0.1, 0.15) is 19.8 Å². The second-order valence-corrected chi connectivity index (χ2v) is 9.74. The van der Waals surface area contributed by atoms with Crippen molar-refractivity contribution < 1.29 is 8.42 Å². The van der Waals surface area contributed by atoms with Gasteiger partial charge >= 0.3 is 0 Å². The van der Waals surface area contributed by atoms with Crippen molar-refractivity contribution in [3.05, 3.63) is 53.7 Å². The zero-order chi connectivity index (χ0) is 21.6. The number of nitrogens with one attached hydrogen (secondary N) is 2. The van der Waals surface area contributed by atoms with Gasteiger partial charge in [-0.1, -0.05) is 36.7 Å². The fraction of sp³-hybridized carbons (Fsp3) is 0.429. The first-order valence-electron chi connectivity index (χ1n) is 10.1. The Hall–Kier alpha value is -2.32. The standard InChI is InChI=1S/C21H28ClN5O2S/c1-3-16(15-30(28,29)18-8-5-4-6-9-18)25-21(23-2)26-17-11-13-27(14-17)20-19(22)10-7-12-24-20/h4-10,12,16-17H,3,11,13-15H2,1-2H3,(H2,23,25,26). The summed E-state index contributed by atoms with van der Waals surface area (Å²) in [6, 6.07) is 12.1. The van der Waals surface area contributed by atoms with E-state index in [1.165, 1.54) is 0 Å². The molecular weight excluding hydrogens is 422 g/mol. The van der Waals surface area contributed by atoms with Gasteiger partial charge in [0.1, 0.15) is 5.82 Å². The molecule has 30 heavy (non-hydrogen) atoms. The second kappa shape index (κ2) is 10.1. The SMILES string of the molecule is CCC(CS(=O)(=O)c1ccccc1)NC(=NC)NC1CCN(c2ncccc2Cl)C1. The smallest absolute Gasteiger partial charge is 0.191 e. The highest BCUT2D eigenvalue weighted by atomic mass is 35.5. The van der Waals surface area contributed by atoms with Crippen molar-refractivity contribution in [1.29, 1.82) is 0 Å². The summed E-state index contributed by atoms with van der Waals surface area (Å²) in [6.45, 7) is 3.55. The van der Waals surface area contributed by atoms with Crippen molar-refractivity contribution in [2.45, 2.75) is 36.7 Å². The van der Waals surface area contributed by atoms with Crippen LogP contribution in [0.25, 0.3) is 0 Å². The van der Waals surface area contributed by atoms with Gasteiger partial charge in [0.05, 0.1) is 15.7 Å². The van der Waals surface area contributed by atoms with Gasteiger partial charge in [0.2, 0.25) is 0 Å². The van der Waals surface area contributed by atoms with Gasteiger partial charge in [0.15, 0.2) is 15.8 Å². The summed E-state index contributed by atoms with van der Waals surface area (Å²) in [6.07, 6.45) is 3.31. The van der Waals surface area contributed by atoms with Crippen LogP contribution in [0.5, 0.6) is 0 Å². The Labute approximate surface area is 183 Å². The predicted molar refractivity (Wildman–Crippen MR) is 122 cm³/mol. The lowest BCUT2D eigenvalue weighted by molar-refractivity contribution is 0.563. The summed E-state index contributed by atoms with van der Waals surface area (Å²) in [5, 5.41) is 7.32. The third-order valence-corrected chi connectivity index (χ3v) is 7.27. The Kier molecular flexibility index (Phi) is 7.55. The van der Waals surface area contributed by atoms with E-state index in [-0.39, 0.29) is 17.8 Å². The molecular formula is C21H28ClN5O2S. The van der Waals surface area contributed by atoms with E-state index in [9.17, 15) is 8.42 Å². The molecule has 7 nitrogen and oxygen atoms in total. The number of halogens is 1.